The lowest BCUT2D eigenvalue weighted by atomic mass is 10.0. The largest absolute Gasteiger partial charge is 0.399 e. The molecule has 5 heteroatoms. The van der Waals surface area contributed by atoms with Crippen LogP contribution in [0.15, 0.2) is 53.6 Å². The third kappa shape index (κ3) is 3.74. The Kier molecular flexibility index (Phi) is 4.79. The van der Waals surface area contributed by atoms with Crippen LogP contribution >= 0.6 is 0 Å². The highest BCUT2D eigenvalue weighted by molar-refractivity contribution is 6.00. The molecule has 5 nitrogen and oxygen atoms in total. The lowest BCUT2D eigenvalue weighted by Crippen LogP contribution is -2.38. The lowest BCUT2D eigenvalue weighted by molar-refractivity contribution is -0.119. The Morgan fingerprint density at radius 2 is 2.08 bits per heavy atom. The molecule has 0 saturated carbocycles. The number of carbonyl (C=O) groups is 1. The number of hydrogen-bond donors (Lipinski definition) is 2. The summed E-state index contributed by atoms with van der Waals surface area (Å²) in [5.41, 5.74) is 13.2. The quantitative estimate of drug-likeness (QED) is 0.516. The van der Waals surface area contributed by atoms with Crippen LogP contribution in [0.1, 0.15) is 24.5 Å². The van der Waals surface area contributed by atoms with Crippen molar-refractivity contribution in [2.75, 3.05) is 23.7 Å². The molecule has 2 aromatic rings. The summed E-state index contributed by atoms with van der Waals surface area (Å²) in [5.74, 6) is -0.116. The van der Waals surface area contributed by atoms with Gasteiger partial charge in [0.2, 0.25) is 0 Å². The molecule has 0 radical (unpaired) electrons. The van der Waals surface area contributed by atoms with E-state index in [4.69, 9.17) is 5.73 Å². The number of para-hydroxylation sites is 1. The van der Waals surface area contributed by atoms with E-state index in [1.807, 2.05) is 43.3 Å². The minimum absolute atomic E-state index is 0.116. The number of amides is 1. The molecule has 0 unspecified atom stereocenters. The van der Waals surface area contributed by atoms with E-state index in [2.05, 4.69) is 27.6 Å². The van der Waals surface area contributed by atoms with Gasteiger partial charge in [0, 0.05) is 17.9 Å². The van der Waals surface area contributed by atoms with Crippen LogP contribution in [0.4, 0.5) is 11.4 Å². The van der Waals surface area contributed by atoms with E-state index >= 15 is 0 Å². The third-order valence-electron chi connectivity index (χ3n) is 4.19. The molecule has 1 amide bonds. The van der Waals surface area contributed by atoms with Gasteiger partial charge in [-0.2, -0.15) is 5.10 Å². The molecular formula is C19H22N4O. The molecule has 0 fully saturated rings. The molecule has 1 heterocycles. The van der Waals surface area contributed by atoms with E-state index in [1.165, 1.54) is 5.56 Å². The molecule has 3 N–H and O–H groups in total. The maximum Gasteiger partial charge on any atom is 0.259 e. The number of anilines is 2. The Labute approximate surface area is 142 Å². The van der Waals surface area contributed by atoms with E-state index < -0.39 is 0 Å². The molecular weight excluding hydrogens is 300 g/mol. The number of benzene rings is 2. The number of nitrogens with one attached hydrogen (secondary N) is 1. The van der Waals surface area contributed by atoms with Gasteiger partial charge in [-0.1, -0.05) is 30.3 Å². The Balaban J connectivity index is 1.63. The van der Waals surface area contributed by atoms with E-state index in [9.17, 15) is 4.79 Å². The van der Waals surface area contributed by atoms with Crippen molar-refractivity contribution >= 4 is 23.0 Å². The first-order valence-electron chi connectivity index (χ1n) is 8.15. The van der Waals surface area contributed by atoms with Crippen LogP contribution in [0.25, 0.3) is 0 Å². The van der Waals surface area contributed by atoms with E-state index in [1.54, 1.807) is 0 Å². The maximum absolute atomic E-state index is 12.2. The van der Waals surface area contributed by atoms with Crippen molar-refractivity contribution in [1.29, 1.82) is 0 Å². The van der Waals surface area contributed by atoms with Crippen molar-refractivity contribution in [2.24, 2.45) is 5.10 Å². The van der Waals surface area contributed by atoms with E-state index in [0.29, 0.717) is 12.2 Å². The van der Waals surface area contributed by atoms with Crippen LogP contribution in [-0.2, 0) is 11.2 Å². The standard InChI is InChI=1S/C19H22N4O/c1-14(16-7-4-9-17(20)12-16)21-22-19(24)13-23-11-5-8-15-6-2-3-10-18(15)23/h2-4,6-7,9-10,12H,5,8,11,13,20H2,1H3,(H,22,24)/b21-14-. The van der Waals surface area contributed by atoms with Crippen LogP contribution in [-0.4, -0.2) is 24.7 Å². The summed E-state index contributed by atoms with van der Waals surface area (Å²) in [7, 11) is 0. The second kappa shape index (κ2) is 7.17. The lowest BCUT2D eigenvalue weighted by Gasteiger charge is -2.30. The number of aryl methyl sites for hydroxylation is 1. The van der Waals surface area contributed by atoms with Crippen LogP contribution in [0.3, 0.4) is 0 Å². The van der Waals surface area contributed by atoms with Gasteiger partial charge in [-0.15, -0.1) is 0 Å². The van der Waals surface area contributed by atoms with Gasteiger partial charge >= 0.3 is 0 Å². The highest BCUT2D eigenvalue weighted by Gasteiger charge is 2.18. The number of carbonyl (C=O) groups excluding carboxylic acids is 1. The van der Waals surface area contributed by atoms with Gasteiger partial charge in [0.1, 0.15) is 0 Å². The smallest absolute Gasteiger partial charge is 0.259 e. The first kappa shape index (κ1) is 16.1. The average Bonchev–Trinajstić information content (AvgIpc) is 2.60. The Morgan fingerprint density at radius 1 is 1.25 bits per heavy atom. The third-order valence-corrected chi connectivity index (χ3v) is 4.19. The van der Waals surface area contributed by atoms with Gasteiger partial charge < -0.3 is 10.6 Å². The minimum Gasteiger partial charge on any atom is -0.399 e. The second-order valence-electron chi connectivity index (χ2n) is 6.01. The molecule has 1 aliphatic heterocycles. The van der Waals surface area contributed by atoms with E-state index in [0.717, 1.165) is 36.3 Å². The second-order valence-corrected chi connectivity index (χ2v) is 6.01. The summed E-state index contributed by atoms with van der Waals surface area (Å²) < 4.78 is 0. The number of rotatable bonds is 4. The van der Waals surface area contributed by atoms with Gasteiger partial charge in [0.25, 0.3) is 5.91 Å². The number of hydrogen-bond acceptors (Lipinski definition) is 4. The first-order chi connectivity index (χ1) is 11.6. The number of fused-ring (bicyclic) bond motifs is 1. The number of nitrogen functional groups attached to an aromatic ring is 1. The molecule has 0 bridgehead atoms. The Hall–Kier alpha value is -2.82. The summed E-state index contributed by atoms with van der Waals surface area (Å²) in [6, 6.07) is 15.7. The molecule has 0 saturated heterocycles. The normalized spacial score (nSPS) is 14.2. The Bertz CT molecular complexity index is 769. The predicted molar refractivity (Wildman–Crippen MR) is 98.2 cm³/mol. The molecule has 0 aliphatic carbocycles. The average molecular weight is 322 g/mol. The highest BCUT2D eigenvalue weighted by Crippen LogP contribution is 2.26. The molecule has 1 aliphatic rings. The zero-order valence-electron chi connectivity index (χ0n) is 13.8. The molecule has 0 spiro atoms. The van der Waals surface area contributed by atoms with Gasteiger partial charge in [-0.25, -0.2) is 5.43 Å². The van der Waals surface area contributed by atoms with Crippen LogP contribution < -0.4 is 16.1 Å². The minimum atomic E-state index is -0.116. The molecule has 24 heavy (non-hydrogen) atoms. The highest BCUT2D eigenvalue weighted by atomic mass is 16.2. The summed E-state index contributed by atoms with van der Waals surface area (Å²) in [5, 5.41) is 4.19. The van der Waals surface area contributed by atoms with Crippen molar-refractivity contribution in [1.82, 2.24) is 5.43 Å². The van der Waals surface area contributed by atoms with Gasteiger partial charge in [0.15, 0.2) is 0 Å². The zero-order chi connectivity index (χ0) is 16.9. The van der Waals surface area contributed by atoms with Gasteiger partial charge in [-0.3, -0.25) is 4.79 Å². The molecule has 3 rings (SSSR count). The van der Waals surface area contributed by atoms with Crippen LogP contribution in [0.5, 0.6) is 0 Å². The topological polar surface area (TPSA) is 70.7 Å². The Morgan fingerprint density at radius 3 is 2.92 bits per heavy atom. The van der Waals surface area contributed by atoms with Crippen LogP contribution in [0, 0.1) is 0 Å². The zero-order valence-corrected chi connectivity index (χ0v) is 13.8. The SMILES string of the molecule is C/C(=N/NC(=O)CN1CCCc2ccccc21)c1cccc(N)c1. The van der Waals surface area contributed by atoms with Gasteiger partial charge in [0.05, 0.1) is 12.3 Å². The van der Waals surface area contributed by atoms with Crippen molar-refractivity contribution in [2.45, 2.75) is 19.8 Å². The van der Waals surface area contributed by atoms with Crippen molar-refractivity contribution < 1.29 is 4.79 Å². The monoisotopic (exact) mass is 322 g/mol. The fourth-order valence-corrected chi connectivity index (χ4v) is 2.96. The molecule has 124 valence electrons. The maximum atomic E-state index is 12.2. The van der Waals surface area contributed by atoms with Crippen molar-refractivity contribution in [3.05, 3.63) is 59.7 Å². The number of nitrogens with zero attached hydrogens (tertiary/aromatic N) is 2. The fraction of sp³-hybridized carbons (Fsp3) is 0.263. The predicted octanol–water partition coefficient (Wildman–Crippen LogP) is 2.56. The van der Waals surface area contributed by atoms with Crippen molar-refractivity contribution in [3.63, 3.8) is 0 Å². The molecule has 2 aromatic carbocycles. The van der Waals surface area contributed by atoms with Crippen molar-refractivity contribution in [3.8, 4) is 0 Å². The first-order valence-corrected chi connectivity index (χ1v) is 8.15. The summed E-state index contributed by atoms with van der Waals surface area (Å²) in [6.07, 6.45) is 2.14. The van der Waals surface area contributed by atoms with Crippen LogP contribution in [0.2, 0.25) is 0 Å². The molecule has 0 atom stereocenters. The molecule has 0 aromatic heterocycles. The number of nitrogens with two attached hydrogens (primary N) is 1. The summed E-state index contributed by atoms with van der Waals surface area (Å²) in [6.45, 7) is 3.05. The van der Waals surface area contributed by atoms with E-state index in [-0.39, 0.29) is 5.91 Å². The number of hydrazone groups is 1. The van der Waals surface area contributed by atoms with Gasteiger partial charge in [-0.05, 0) is 49.1 Å². The summed E-state index contributed by atoms with van der Waals surface area (Å²) in [4.78, 5) is 14.3. The summed E-state index contributed by atoms with van der Waals surface area (Å²) >= 11 is 0. The fourth-order valence-electron chi connectivity index (χ4n) is 2.96.